The molecule has 0 unspecified atom stereocenters. The highest BCUT2D eigenvalue weighted by Crippen LogP contribution is 2.12. The summed E-state index contributed by atoms with van der Waals surface area (Å²) < 4.78 is 6.74. The van der Waals surface area contributed by atoms with Gasteiger partial charge in [0.05, 0.1) is 5.69 Å². The van der Waals surface area contributed by atoms with E-state index in [0.29, 0.717) is 6.54 Å². The van der Waals surface area contributed by atoms with Gasteiger partial charge in [-0.2, -0.15) is 10.1 Å². The number of nitrogens with zero attached hydrogens (tertiary/aromatic N) is 3. The topological polar surface area (TPSA) is 93.2 Å². The molecule has 0 amide bonds. The first-order chi connectivity index (χ1) is 8.60. The summed E-state index contributed by atoms with van der Waals surface area (Å²) in [5.41, 5.74) is 1.92. The molecule has 0 saturated heterocycles. The molecule has 0 aliphatic heterocycles. The first-order valence-electron chi connectivity index (χ1n) is 5.54. The molecule has 7 nitrogen and oxygen atoms in total. The number of carboxylic acids is 1. The Labute approximate surface area is 103 Å². The van der Waals surface area contributed by atoms with Crippen molar-refractivity contribution in [2.24, 2.45) is 7.05 Å². The van der Waals surface area contributed by atoms with E-state index >= 15 is 0 Å². The predicted molar refractivity (Wildman–Crippen MR) is 63.4 cm³/mol. The zero-order valence-electron chi connectivity index (χ0n) is 10.2. The predicted octanol–water partition coefficient (Wildman–Crippen LogP) is 1.28. The molecule has 0 spiro atoms. The SMILES string of the molecule is CCc1nn(C)cc1CNc1nc(C(=O)O)co1. The number of hydrogen-bond donors (Lipinski definition) is 2. The molecule has 0 fully saturated rings. The van der Waals surface area contributed by atoms with Crippen molar-refractivity contribution >= 4 is 12.0 Å². The number of carboxylic acid groups (broad SMARTS) is 1. The summed E-state index contributed by atoms with van der Waals surface area (Å²) in [5.74, 6) is -1.11. The van der Waals surface area contributed by atoms with E-state index in [1.165, 1.54) is 0 Å². The summed E-state index contributed by atoms with van der Waals surface area (Å²) >= 11 is 0. The van der Waals surface area contributed by atoms with Gasteiger partial charge < -0.3 is 14.8 Å². The van der Waals surface area contributed by atoms with Crippen molar-refractivity contribution < 1.29 is 14.3 Å². The molecule has 96 valence electrons. The average Bonchev–Trinajstić information content (AvgIpc) is 2.92. The Morgan fingerprint density at radius 2 is 2.39 bits per heavy atom. The van der Waals surface area contributed by atoms with E-state index in [1.54, 1.807) is 4.68 Å². The van der Waals surface area contributed by atoms with Crippen LogP contribution in [0.1, 0.15) is 28.7 Å². The summed E-state index contributed by atoms with van der Waals surface area (Å²) in [6.45, 7) is 2.52. The Bertz CT molecular complexity index is 558. The van der Waals surface area contributed by atoms with Crippen LogP contribution in [-0.2, 0) is 20.0 Å². The zero-order chi connectivity index (χ0) is 13.1. The van der Waals surface area contributed by atoms with E-state index in [-0.39, 0.29) is 11.7 Å². The van der Waals surface area contributed by atoms with Crippen LogP contribution in [0.25, 0.3) is 0 Å². The molecule has 0 aliphatic rings. The molecule has 2 N–H and O–H groups in total. The molecule has 0 aromatic carbocycles. The summed E-state index contributed by atoms with van der Waals surface area (Å²) in [7, 11) is 1.86. The van der Waals surface area contributed by atoms with Crippen molar-refractivity contribution in [1.82, 2.24) is 14.8 Å². The molecule has 0 saturated carbocycles. The van der Waals surface area contributed by atoms with E-state index in [4.69, 9.17) is 9.52 Å². The van der Waals surface area contributed by atoms with Gasteiger partial charge in [0.15, 0.2) is 5.69 Å². The van der Waals surface area contributed by atoms with Crippen molar-refractivity contribution in [2.45, 2.75) is 19.9 Å². The lowest BCUT2D eigenvalue weighted by Gasteiger charge is -2.00. The maximum atomic E-state index is 10.6. The Morgan fingerprint density at radius 1 is 1.61 bits per heavy atom. The van der Waals surface area contributed by atoms with Crippen LogP contribution < -0.4 is 5.32 Å². The van der Waals surface area contributed by atoms with Gasteiger partial charge in [0, 0.05) is 25.4 Å². The van der Waals surface area contributed by atoms with Crippen LogP contribution in [0, 0.1) is 0 Å². The van der Waals surface area contributed by atoms with Crippen molar-refractivity contribution in [1.29, 1.82) is 0 Å². The quantitative estimate of drug-likeness (QED) is 0.830. The first-order valence-corrected chi connectivity index (χ1v) is 5.54. The van der Waals surface area contributed by atoms with Gasteiger partial charge in [-0.15, -0.1) is 0 Å². The molecule has 2 rings (SSSR count). The lowest BCUT2D eigenvalue weighted by atomic mass is 10.2. The van der Waals surface area contributed by atoms with Gasteiger partial charge >= 0.3 is 5.97 Å². The van der Waals surface area contributed by atoms with E-state index < -0.39 is 5.97 Å². The normalized spacial score (nSPS) is 10.6. The third kappa shape index (κ3) is 2.50. The second-order valence-electron chi connectivity index (χ2n) is 3.82. The molecule has 0 radical (unpaired) electrons. The molecule has 0 aliphatic carbocycles. The fraction of sp³-hybridized carbons (Fsp3) is 0.364. The van der Waals surface area contributed by atoms with E-state index in [1.807, 2.05) is 20.2 Å². The van der Waals surface area contributed by atoms with Crippen LogP contribution in [0.3, 0.4) is 0 Å². The Morgan fingerprint density at radius 3 is 3.00 bits per heavy atom. The molecule has 0 atom stereocenters. The van der Waals surface area contributed by atoms with Crippen LogP contribution >= 0.6 is 0 Å². The minimum absolute atomic E-state index is 0.112. The minimum atomic E-state index is -1.11. The Balaban J connectivity index is 2.04. The summed E-state index contributed by atoms with van der Waals surface area (Å²) in [4.78, 5) is 14.4. The van der Waals surface area contributed by atoms with Gasteiger partial charge in [-0.3, -0.25) is 4.68 Å². The monoisotopic (exact) mass is 250 g/mol. The van der Waals surface area contributed by atoms with Crippen LogP contribution in [0.2, 0.25) is 0 Å². The van der Waals surface area contributed by atoms with Crippen molar-refractivity contribution in [3.63, 3.8) is 0 Å². The molecule has 0 bridgehead atoms. The van der Waals surface area contributed by atoms with Crippen LogP contribution in [0.4, 0.5) is 6.01 Å². The van der Waals surface area contributed by atoms with Crippen LogP contribution in [0.15, 0.2) is 16.9 Å². The van der Waals surface area contributed by atoms with Crippen LogP contribution in [0.5, 0.6) is 0 Å². The first kappa shape index (κ1) is 12.2. The van der Waals surface area contributed by atoms with E-state index in [9.17, 15) is 4.79 Å². The fourth-order valence-electron chi connectivity index (χ4n) is 1.65. The molecule has 7 heteroatoms. The maximum absolute atomic E-state index is 10.6. The number of anilines is 1. The van der Waals surface area contributed by atoms with Gasteiger partial charge in [-0.25, -0.2) is 4.79 Å². The Hall–Kier alpha value is -2.31. The zero-order valence-corrected chi connectivity index (χ0v) is 10.2. The molecular formula is C11H14N4O3. The smallest absolute Gasteiger partial charge is 0.357 e. The highest BCUT2D eigenvalue weighted by molar-refractivity contribution is 5.85. The summed E-state index contributed by atoms with van der Waals surface area (Å²) in [5, 5.41) is 15.9. The molecule has 2 heterocycles. The number of nitrogens with one attached hydrogen (secondary N) is 1. The highest BCUT2D eigenvalue weighted by atomic mass is 16.4. The standard InChI is InChI=1S/C11H14N4O3/c1-3-8-7(5-15(2)14-8)4-12-11-13-9(6-18-11)10(16)17/h5-6H,3-4H2,1-2H3,(H,12,13)(H,16,17). The van der Waals surface area contributed by atoms with Crippen molar-refractivity contribution in [3.05, 3.63) is 29.4 Å². The van der Waals surface area contributed by atoms with Crippen molar-refractivity contribution in [3.8, 4) is 0 Å². The second kappa shape index (κ2) is 4.91. The number of aromatic carboxylic acids is 1. The van der Waals surface area contributed by atoms with Crippen molar-refractivity contribution in [2.75, 3.05) is 5.32 Å². The molecular weight excluding hydrogens is 236 g/mol. The number of rotatable bonds is 5. The number of hydrogen-bond acceptors (Lipinski definition) is 5. The average molecular weight is 250 g/mol. The number of aromatic nitrogens is 3. The summed E-state index contributed by atoms with van der Waals surface area (Å²) in [6.07, 6.45) is 3.85. The third-order valence-electron chi connectivity index (χ3n) is 2.48. The third-order valence-corrected chi connectivity index (χ3v) is 2.48. The summed E-state index contributed by atoms with van der Waals surface area (Å²) in [6, 6.07) is 0.193. The number of aryl methyl sites for hydroxylation is 2. The van der Waals surface area contributed by atoms with Gasteiger partial charge in [0.1, 0.15) is 6.26 Å². The minimum Gasteiger partial charge on any atom is -0.476 e. The van der Waals surface area contributed by atoms with Gasteiger partial charge in [-0.05, 0) is 6.42 Å². The van der Waals surface area contributed by atoms with Gasteiger partial charge in [0.25, 0.3) is 6.01 Å². The van der Waals surface area contributed by atoms with E-state index in [2.05, 4.69) is 15.4 Å². The largest absolute Gasteiger partial charge is 0.476 e. The van der Waals surface area contributed by atoms with Gasteiger partial charge in [0.2, 0.25) is 0 Å². The molecule has 2 aromatic rings. The second-order valence-corrected chi connectivity index (χ2v) is 3.82. The lowest BCUT2D eigenvalue weighted by molar-refractivity contribution is 0.0690. The Kier molecular flexibility index (Phi) is 3.31. The number of oxazole rings is 1. The van der Waals surface area contributed by atoms with Gasteiger partial charge in [-0.1, -0.05) is 6.92 Å². The number of carbonyl (C=O) groups is 1. The highest BCUT2D eigenvalue weighted by Gasteiger charge is 2.11. The molecule has 2 aromatic heterocycles. The lowest BCUT2D eigenvalue weighted by Crippen LogP contribution is -2.02. The van der Waals surface area contributed by atoms with E-state index in [0.717, 1.165) is 23.9 Å². The maximum Gasteiger partial charge on any atom is 0.357 e. The molecule has 18 heavy (non-hydrogen) atoms. The van der Waals surface area contributed by atoms with Crippen LogP contribution in [-0.4, -0.2) is 25.8 Å². The fourth-order valence-corrected chi connectivity index (χ4v) is 1.65.